The minimum Gasteiger partial charge on any atom is -0.207 e. The van der Waals surface area contributed by atoms with Crippen LogP contribution in [0.1, 0.15) is 11.1 Å². The molecule has 0 heterocycles. The van der Waals surface area contributed by atoms with Gasteiger partial charge in [0.05, 0.1) is 17.2 Å². The zero-order chi connectivity index (χ0) is 25.9. The van der Waals surface area contributed by atoms with Gasteiger partial charge in [0.1, 0.15) is 17.7 Å². The van der Waals surface area contributed by atoms with Crippen LogP contribution in [0.4, 0.5) is 8.78 Å². The molecule has 37 heavy (non-hydrogen) atoms. The molecule has 5 aromatic rings. The summed E-state index contributed by atoms with van der Waals surface area (Å²) in [6.07, 6.45) is 0. The van der Waals surface area contributed by atoms with Crippen LogP contribution in [0, 0.1) is 34.3 Å². The van der Waals surface area contributed by atoms with Gasteiger partial charge in [0, 0.05) is 16.1 Å². The summed E-state index contributed by atoms with van der Waals surface area (Å²) >= 11 is 6.36. The summed E-state index contributed by atoms with van der Waals surface area (Å²) in [5.74, 6) is -0.838. The summed E-state index contributed by atoms with van der Waals surface area (Å²) in [7, 11) is 0. The number of hydrogen-bond donors (Lipinski definition) is 0. The van der Waals surface area contributed by atoms with Gasteiger partial charge in [0.2, 0.25) is 0 Å². The van der Waals surface area contributed by atoms with Crippen LogP contribution in [-0.4, -0.2) is 0 Å². The fraction of sp³-hybridized carbons (Fsp3) is 0. The molecule has 0 aliphatic carbocycles. The van der Waals surface area contributed by atoms with E-state index in [0.717, 1.165) is 16.7 Å². The first-order chi connectivity index (χ1) is 18.0. The monoisotopic (exact) mass is 502 g/mol. The number of nitrogens with zero attached hydrogens (tertiary/aromatic N) is 2. The van der Waals surface area contributed by atoms with Gasteiger partial charge >= 0.3 is 0 Å². The average Bonchev–Trinajstić information content (AvgIpc) is 2.92. The van der Waals surface area contributed by atoms with Crippen molar-refractivity contribution in [2.75, 3.05) is 0 Å². The van der Waals surface area contributed by atoms with Crippen molar-refractivity contribution in [2.45, 2.75) is 0 Å². The van der Waals surface area contributed by atoms with E-state index >= 15 is 0 Å². The Balaban J connectivity index is 1.96. The summed E-state index contributed by atoms with van der Waals surface area (Å²) in [6, 6.07) is 32.6. The second-order valence-electron chi connectivity index (χ2n) is 8.43. The lowest BCUT2D eigenvalue weighted by atomic mass is 9.81. The highest BCUT2D eigenvalue weighted by Crippen LogP contribution is 2.46. The van der Waals surface area contributed by atoms with E-state index in [1.807, 2.05) is 24.3 Å². The van der Waals surface area contributed by atoms with E-state index in [9.17, 15) is 19.3 Å². The number of nitriles is 2. The summed E-state index contributed by atoms with van der Waals surface area (Å²) in [5.41, 5.74) is 6.04. The molecule has 0 aliphatic heterocycles. The van der Waals surface area contributed by atoms with E-state index in [2.05, 4.69) is 12.1 Å². The Morgan fingerprint density at radius 2 is 1.22 bits per heavy atom. The largest absolute Gasteiger partial charge is 0.207 e. The van der Waals surface area contributed by atoms with Crippen molar-refractivity contribution in [3.8, 4) is 56.6 Å². The van der Waals surface area contributed by atoms with E-state index in [0.29, 0.717) is 44.0 Å². The predicted molar refractivity (Wildman–Crippen MR) is 143 cm³/mol. The maximum Gasteiger partial charge on any atom is 0.123 e. The Hall–Kier alpha value is -4.77. The summed E-state index contributed by atoms with van der Waals surface area (Å²) in [6.45, 7) is 0. The number of hydrogen-bond acceptors (Lipinski definition) is 2. The van der Waals surface area contributed by atoms with Gasteiger partial charge in [-0.2, -0.15) is 10.5 Å². The zero-order valence-electron chi connectivity index (χ0n) is 19.3. The van der Waals surface area contributed by atoms with Crippen LogP contribution in [0.25, 0.3) is 44.5 Å². The molecule has 0 fully saturated rings. The molecule has 2 nitrogen and oxygen atoms in total. The van der Waals surface area contributed by atoms with Crippen LogP contribution < -0.4 is 0 Å². The highest BCUT2D eigenvalue weighted by Gasteiger charge is 2.23. The van der Waals surface area contributed by atoms with Crippen LogP contribution in [0.2, 0.25) is 5.02 Å². The van der Waals surface area contributed by atoms with E-state index < -0.39 is 11.6 Å². The SMILES string of the molecule is N#Cc1ccc(-c2cc(-c3cccc(Cl)c3)c(-c3ccc(F)cc3)c(-c3cccc(F)c3)c2C#N)cc1. The number of halogens is 3. The molecular formula is C32H17ClF2N2. The van der Waals surface area contributed by atoms with E-state index in [1.54, 1.807) is 54.6 Å². The first-order valence-electron chi connectivity index (χ1n) is 11.4. The first kappa shape index (κ1) is 23.9. The lowest BCUT2D eigenvalue weighted by Crippen LogP contribution is -1.98. The Labute approximate surface area is 218 Å². The van der Waals surface area contributed by atoms with Crippen molar-refractivity contribution in [3.05, 3.63) is 131 Å². The lowest BCUT2D eigenvalue weighted by molar-refractivity contribution is 0.628. The van der Waals surface area contributed by atoms with Crippen LogP contribution >= 0.6 is 11.6 Å². The highest BCUT2D eigenvalue weighted by atomic mass is 35.5. The van der Waals surface area contributed by atoms with Gasteiger partial charge in [-0.25, -0.2) is 8.78 Å². The van der Waals surface area contributed by atoms with Gasteiger partial charge in [-0.15, -0.1) is 0 Å². The Morgan fingerprint density at radius 1 is 0.541 bits per heavy atom. The molecule has 0 radical (unpaired) electrons. The predicted octanol–water partition coefficient (Wildman–Crippen LogP) is 9.03. The second kappa shape index (κ2) is 10.1. The molecule has 0 amide bonds. The van der Waals surface area contributed by atoms with Crippen molar-refractivity contribution < 1.29 is 8.78 Å². The average molecular weight is 503 g/mol. The molecule has 0 saturated carbocycles. The first-order valence-corrected chi connectivity index (χ1v) is 11.8. The Kier molecular flexibility index (Phi) is 6.52. The van der Waals surface area contributed by atoms with Crippen molar-refractivity contribution in [2.24, 2.45) is 0 Å². The lowest BCUT2D eigenvalue weighted by Gasteiger charge is -2.21. The molecule has 5 heteroatoms. The standard InChI is InChI=1S/C32H17ClF2N2/c33-25-5-1-3-23(15-25)29-17-28(21-9-7-20(18-36)8-10-21)30(19-37)32(24-4-2-6-27(35)16-24)31(29)22-11-13-26(34)14-12-22/h1-17H. The maximum absolute atomic E-state index is 14.5. The highest BCUT2D eigenvalue weighted by molar-refractivity contribution is 6.30. The Morgan fingerprint density at radius 3 is 1.86 bits per heavy atom. The van der Waals surface area contributed by atoms with Crippen molar-refractivity contribution >= 4 is 11.6 Å². The zero-order valence-corrected chi connectivity index (χ0v) is 20.1. The molecule has 0 aromatic heterocycles. The molecule has 0 aliphatic rings. The summed E-state index contributed by atoms with van der Waals surface area (Å²) < 4.78 is 28.4. The third-order valence-electron chi connectivity index (χ3n) is 6.15. The third-order valence-corrected chi connectivity index (χ3v) is 6.38. The van der Waals surface area contributed by atoms with Gasteiger partial charge in [-0.1, -0.05) is 60.1 Å². The third kappa shape index (κ3) is 4.71. The summed E-state index contributed by atoms with van der Waals surface area (Å²) in [4.78, 5) is 0. The molecule has 0 atom stereocenters. The van der Waals surface area contributed by atoms with E-state index in [-0.39, 0.29) is 0 Å². The topological polar surface area (TPSA) is 47.6 Å². The molecule has 0 spiro atoms. The molecule has 0 unspecified atom stereocenters. The molecule has 176 valence electrons. The van der Waals surface area contributed by atoms with Crippen LogP contribution in [0.5, 0.6) is 0 Å². The maximum atomic E-state index is 14.5. The van der Waals surface area contributed by atoms with Crippen LogP contribution in [0.15, 0.2) is 103 Å². The van der Waals surface area contributed by atoms with Gasteiger partial charge in [0.25, 0.3) is 0 Å². The fourth-order valence-corrected chi connectivity index (χ4v) is 4.67. The van der Waals surface area contributed by atoms with E-state index in [1.165, 1.54) is 24.3 Å². The van der Waals surface area contributed by atoms with Gasteiger partial charge in [0.15, 0.2) is 0 Å². The van der Waals surface area contributed by atoms with Gasteiger partial charge in [-0.3, -0.25) is 0 Å². The molecular weight excluding hydrogens is 486 g/mol. The summed E-state index contributed by atoms with van der Waals surface area (Å²) in [5, 5.41) is 20.2. The molecule has 5 aromatic carbocycles. The van der Waals surface area contributed by atoms with Gasteiger partial charge < -0.3 is 0 Å². The van der Waals surface area contributed by atoms with Crippen molar-refractivity contribution in [1.82, 2.24) is 0 Å². The quantitative estimate of drug-likeness (QED) is 0.246. The van der Waals surface area contributed by atoms with Crippen molar-refractivity contribution in [3.63, 3.8) is 0 Å². The van der Waals surface area contributed by atoms with E-state index in [4.69, 9.17) is 11.6 Å². The molecule has 0 N–H and O–H groups in total. The molecule has 0 bridgehead atoms. The minimum absolute atomic E-state index is 0.334. The smallest absolute Gasteiger partial charge is 0.123 e. The number of benzene rings is 5. The number of rotatable bonds is 4. The van der Waals surface area contributed by atoms with Crippen LogP contribution in [-0.2, 0) is 0 Å². The minimum atomic E-state index is -0.445. The van der Waals surface area contributed by atoms with Gasteiger partial charge in [-0.05, 0) is 88.0 Å². The van der Waals surface area contributed by atoms with Crippen LogP contribution in [0.3, 0.4) is 0 Å². The van der Waals surface area contributed by atoms with Crippen molar-refractivity contribution in [1.29, 1.82) is 10.5 Å². The Bertz CT molecular complexity index is 1710. The molecule has 5 rings (SSSR count). The fourth-order valence-electron chi connectivity index (χ4n) is 4.48. The normalized spacial score (nSPS) is 10.5. The molecule has 0 saturated heterocycles. The second-order valence-corrected chi connectivity index (χ2v) is 8.86.